The molecule has 1 amide bonds. The van der Waals surface area contributed by atoms with E-state index >= 15 is 0 Å². The number of carbonyl (C=O) groups is 1. The monoisotopic (exact) mass is 331 g/mol. The lowest BCUT2D eigenvalue weighted by Gasteiger charge is -2.08. The normalized spacial score (nSPS) is 10.3. The van der Waals surface area contributed by atoms with Crippen molar-refractivity contribution >= 4 is 23.3 Å². The molecule has 0 saturated carbocycles. The van der Waals surface area contributed by atoms with Crippen molar-refractivity contribution in [1.29, 1.82) is 0 Å². The number of amides is 1. The van der Waals surface area contributed by atoms with Gasteiger partial charge in [-0.1, -0.05) is 49.6 Å². The van der Waals surface area contributed by atoms with E-state index in [9.17, 15) is 4.79 Å². The number of hydrogen-bond donors (Lipinski definition) is 2. The quantitative estimate of drug-likeness (QED) is 0.710. The lowest BCUT2D eigenvalue weighted by atomic mass is 10.2. The zero-order valence-electron chi connectivity index (χ0n) is 13.3. The van der Waals surface area contributed by atoms with Crippen LogP contribution in [0.25, 0.3) is 0 Å². The van der Waals surface area contributed by atoms with E-state index in [0.29, 0.717) is 17.1 Å². The Morgan fingerprint density at radius 2 is 2.00 bits per heavy atom. The summed E-state index contributed by atoms with van der Waals surface area (Å²) >= 11 is 6.07. The molecule has 0 saturated heterocycles. The van der Waals surface area contributed by atoms with Gasteiger partial charge in [0.15, 0.2) is 0 Å². The molecular formula is C18H22ClN3O. The third-order valence-electron chi connectivity index (χ3n) is 3.51. The summed E-state index contributed by atoms with van der Waals surface area (Å²) in [7, 11) is 0. The first kappa shape index (κ1) is 17.3. The summed E-state index contributed by atoms with van der Waals surface area (Å²) in [6.07, 6.45) is 5.11. The van der Waals surface area contributed by atoms with E-state index in [1.165, 1.54) is 12.8 Å². The van der Waals surface area contributed by atoms with Crippen LogP contribution < -0.4 is 10.6 Å². The van der Waals surface area contributed by atoms with Crippen LogP contribution >= 0.6 is 11.6 Å². The first-order chi connectivity index (χ1) is 11.2. The topological polar surface area (TPSA) is 54.0 Å². The largest absolute Gasteiger partial charge is 0.370 e. The van der Waals surface area contributed by atoms with Gasteiger partial charge in [0.05, 0.1) is 5.56 Å². The number of nitrogens with one attached hydrogen (secondary N) is 2. The van der Waals surface area contributed by atoms with Gasteiger partial charge in [0.1, 0.15) is 5.82 Å². The average molecular weight is 332 g/mol. The summed E-state index contributed by atoms with van der Waals surface area (Å²) in [4.78, 5) is 16.4. The van der Waals surface area contributed by atoms with Crippen LogP contribution in [-0.2, 0) is 6.54 Å². The van der Waals surface area contributed by atoms with Gasteiger partial charge in [0.25, 0.3) is 5.91 Å². The van der Waals surface area contributed by atoms with E-state index in [-0.39, 0.29) is 5.91 Å². The van der Waals surface area contributed by atoms with Crippen molar-refractivity contribution in [2.24, 2.45) is 0 Å². The molecule has 0 unspecified atom stereocenters. The minimum atomic E-state index is -0.157. The number of halogens is 1. The maximum atomic E-state index is 12.1. The molecule has 23 heavy (non-hydrogen) atoms. The maximum Gasteiger partial charge on any atom is 0.253 e. The summed E-state index contributed by atoms with van der Waals surface area (Å²) in [6, 6.07) is 11.1. The first-order valence-electron chi connectivity index (χ1n) is 7.92. The molecule has 4 nitrogen and oxygen atoms in total. The van der Waals surface area contributed by atoms with Crippen molar-refractivity contribution in [2.45, 2.75) is 32.7 Å². The second-order valence-electron chi connectivity index (χ2n) is 5.34. The Morgan fingerprint density at radius 1 is 1.17 bits per heavy atom. The van der Waals surface area contributed by atoms with Crippen molar-refractivity contribution in [3.8, 4) is 0 Å². The van der Waals surface area contributed by atoms with Crippen LogP contribution in [0.2, 0.25) is 5.02 Å². The number of aromatic nitrogens is 1. The van der Waals surface area contributed by atoms with Crippen molar-refractivity contribution in [3.63, 3.8) is 0 Å². The lowest BCUT2D eigenvalue weighted by molar-refractivity contribution is 0.0950. The Labute approximate surface area is 142 Å². The molecule has 1 heterocycles. The van der Waals surface area contributed by atoms with Crippen LogP contribution in [0.3, 0.4) is 0 Å². The fourth-order valence-corrected chi connectivity index (χ4v) is 2.35. The summed E-state index contributed by atoms with van der Waals surface area (Å²) in [5, 5.41) is 6.75. The predicted octanol–water partition coefficient (Wildman–Crippen LogP) is 4.27. The molecule has 0 fully saturated rings. The molecule has 0 radical (unpaired) electrons. The van der Waals surface area contributed by atoms with Gasteiger partial charge in [-0.3, -0.25) is 4.79 Å². The number of nitrogens with zero attached hydrogens (tertiary/aromatic N) is 1. The van der Waals surface area contributed by atoms with Gasteiger partial charge in [-0.15, -0.1) is 0 Å². The standard InChI is InChI=1S/C18H22ClN3O/c1-2-3-6-11-20-17-10-9-15(13-21-17)18(23)22-12-14-7-4-5-8-16(14)19/h4-5,7-10,13H,2-3,6,11-12H2,1H3,(H,20,21)(H,22,23). The fraction of sp³-hybridized carbons (Fsp3) is 0.333. The molecule has 122 valence electrons. The Balaban J connectivity index is 1.84. The number of anilines is 1. The summed E-state index contributed by atoms with van der Waals surface area (Å²) < 4.78 is 0. The summed E-state index contributed by atoms with van der Waals surface area (Å²) in [5.74, 6) is 0.638. The molecule has 0 aliphatic carbocycles. The SMILES string of the molecule is CCCCCNc1ccc(C(=O)NCc2ccccc2Cl)cn1. The Bertz CT molecular complexity index is 628. The third-order valence-corrected chi connectivity index (χ3v) is 3.88. The maximum absolute atomic E-state index is 12.1. The van der Waals surface area contributed by atoms with Crippen molar-refractivity contribution in [2.75, 3.05) is 11.9 Å². The highest BCUT2D eigenvalue weighted by Crippen LogP contribution is 2.14. The van der Waals surface area contributed by atoms with Crippen molar-refractivity contribution in [1.82, 2.24) is 10.3 Å². The Morgan fingerprint density at radius 3 is 2.70 bits per heavy atom. The molecule has 2 rings (SSSR count). The molecule has 0 spiro atoms. The molecule has 0 aliphatic rings. The third kappa shape index (κ3) is 5.57. The number of rotatable bonds is 8. The molecule has 5 heteroatoms. The molecule has 0 atom stereocenters. The van der Waals surface area contributed by atoms with Crippen LogP contribution in [-0.4, -0.2) is 17.4 Å². The number of pyridine rings is 1. The van der Waals surface area contributed by atoms with E-state index in [1.807, 2.05) is 30.3 Å². The molecule has 1 aromatic heterocycles. The summed E-state index contributed by atoms with van der Waals surface area (Å²) in [6.45, 7) is 3.47. The van der Waals surface area contributed by atoms with E-state index in [1.54, 1.807) is 12.3 Å². The highest BCUT2D eigenvalue weighted by Gasteiger charge is 2.07. The highest BCUT2D eigenvalue weighted by molar-refractivity contribution is 6.31. The highest BCUT2D eigenvalue weighted by atomic mass is 35.5. The number of carbonyl (C=O) groups excluding carboxylic acids is 1. The van der Waals surface area contributed by atoms with Crippen molar-refractivity contribution in [3.05, 3.63) is 58.7 Å². The molecule has 0 bridgehead atoms. The second-order valence-corrected chi connectivity index (χ2v) is 5.75. The van der Waals surface area contributed by atoms with Gasteiger partial charge in [-0.2, -0.15) is 0 Å². The van der Waals surface area contributed by atoms with Gasteiger partial charge < -0.3 is 10.6 Å². The molecule has 2 N–H and O–H groups in total. The summed E-state index contributed by atoms with van der Waals surface area (Å²) in [5.41, 5.74) is 1.43. The predicted molar refractivity (Wildman–Crippen MR) is 94.9 cm³/mol. The van der Waals surface area contributed by atoms with E-state index < -0.39 is 0 Å². The van der Waals surface area contributed by atoms with Crippen LogP contribution in [0.4, 0.5) is 5.82 Å². The minimum absolute atomic E-state index is 0.157. The fourth-order valence-electron chi connectivity index (χ4n) is 2.14. The molecule has 1 aromatic carbocycles. The van der Waals surface area contributed by atoms with Gasteiger partial charge >= 0.3 is 0 Å². The van der Waals surface area contributed by atoms with Crippen LogP contribution in [0.15, 0.2) is 42.6 Å². The number of unbranched alkanes of at least 4 members (excludes halogenated alkanes) is 2. The van der Waals surface area contributed by atoms with Gasteiger partial charge in [0, 0.05) is 24.3 Å². The number of hydrogen-bond acceptors (Lipinski definition) is 3. The Kier molecular flexibility index (Phi) is 6.88. The van der Waals surface area contributed by atoms with E-state index in [4.69, 9.17) is 11.6 Å². The molecular weight excluding hydrogens is 310 g/mol. The van der Waals surface area contributed by atoms with Crippen LogP contribution in [0, 0.1) is 0 Å². The average Bonchev–Trinajstić information content (AvgIpc) is 2.58. The van der Waals surface area contributed by atoms with E-state index in [2.05, 4.69) is 22.5 Å². The van der Waals surface area contributed by atoms with Crippen LogP contribution in [0.5, 0.6) is 0 Å². The van der Waals surface area contributed by atoms with Gasteiger partial charge in [0.2, 0.25) is 0 Å². The first-order valence-corrected chi connectivity index (χ1v) is 8.30. The zero-order chi connectivity index (χ0) is 16.5. The van der Waals surface area contributed by atoms with Gasteiger partial charge in [-0.05, 0) is 30.2 Å². The smallest absolute Gasteiger partial charge is 0.253 e. The van der Waals surface area contributed by atoms with E-state index in [0.717, 1.165) is 24.3 Å². The van der Waals surface area contributed by atoms with Crippen LogP contribution in [0.1, 0.15) is 42.1 Å². The molecule has 2 aromatic rings. The zero-order valence-corrected chi connectivity index (χ0v) is 14.1. The van der Waals surface area contributed by atoms with Gasteiger partial charge in [-0.25, -0.2) is 4.98 Å². The second kappa shape index (κ2) is 9.16. The Hall–Kier alpha value is -2.07. The lowest BCUT2D eigenvalue weighted by Crippen LogP contribution is -2.23. The number of benzene rings is 1. The minimum Gasteiger partial charge on any atom is -0.370 e. The molecule has 0 aliphatic heterocycles. The van der Waals surface area contributed by atoms with Crippen molar-refractivity contribution < 1.29 is 4.79 Å².